The Morgan fingerprint density at radius 2 is 1.79 bits per heavy atom. The number of nitrogens with zero attached hydrogens (tertiary/aromatic N) is 2. The number of nitrogens with one attached hydrogen (secondary N) is 1. The smallest absolute Gasteiger partial charge is 0.244 e. The normalized spacial score (nSPS) is 22.6. The summed E-state index contributed by atoms with van der Waals surface area (Å²) in [4.78, 5) is 15.5. The van der Waals surface area contributed by atoms with Crippen LogP contribution in [0, 0.1) is 20.8 Å². The molecular weight excluding hydrogens is 390 g/mol. The van der Waals surface area contributed by atoms with E-state index in [1.807, 2.05) is 32.9 Å². The van der Waals surface area contributed by atoms with Crippen LogP contribution in [0.4, 0.5) is 0 Å². The molecule has 0 radical (unpaired) electrons. The van der Waals surface area contributed by atoms with Crippen LogP contribution in [0.25, 0.3) is 0 Å². The number of hydrogen-bond donors (Lipinski definition) is 1. The molecule has 2 saturated heterocycles. The average Bonchev–Trinajstić information content (AvgIpc) is 3.16. The number of benzene rings is 1. The van der Waals surface area contributed by atoms with Gasteiger partial charge in [0.05, 0.1) is 18.1 Å². The summed E-state index contributed by atoms with van der Waals surface area (Å²) >= 11 is 0. The van der Waals surface area contributed by atoms with Crippen LogP contribution in [0.2, 0.25) is 0 Å². The van der Waals surface area contributed by atoms with E-state index >= 15 is 0 Å². The Bertz CT molecular complexity index is 826. The van der Waals surface area contributed by atoms with E-state index in [1.165, 1.54) is 4.31 Å². The number of amides is 1. The molecule has 0 saturated carbocycles. The van der Waals surface area contributed by atoms with E-state index in [9.17, 15) is 13.2 Å². The number of carbonyl (C=O) groups is 1. The van der Waals surface area contributed by atoms with Gasteiger partial charge in [0, 0.05) is 32.2 Å². The summed E-state index contributed by atoms with van der Waals surface area (Å²) in [6, 6.07) is 3.32. The first-order valence-corrected chi connectivity index (χ1v) is 11.8. The van der Waals surface area contributed by atoms with E-state index < -0.39 is 16.1 Å². The van der Waals surface area contributed by atoms with E-state index in [-0.39, 0.29) is 11.9 Å². The van der Waals surface area contributed by atoms with Gasteiger partial charge in [-0.2, -0.15) is 4.31 Å². The summed E-state index contributed by atoms with van der Waals surface area (Å²) in [6.45, 7) is 11.7. The Morgan fingerprint density at radius 1 is 1.17 bits per heavy atom. The van der Waals surface area contributed by atoms with Crippen LogP contribution in [-0.2, 0) is 19.6 Å². The predicted molar refractivity (Wildman–Crippen MR) is 112 cm³/mol. The van der Waals surface area contributed by atoms with Gasteiger partial charge >= 0.3 is 0 Å². The lowest BCUT2D eigenvalue weighted by molar-refractivity contribution is -0.124. The minimum Gasteiger partial charge on any atom is -0.379 e. The Morgan fingerprint density at radius 3 is 2.41 bits per heavy atom. The van der Waals surface area contributed by atoms with E-state index in [4.69, 9.17) is 4.74 Å². The summed E-state index contributed by atoms with van der Waals surface area (Å²) in [5.41, 5.74) is 2.50. The van der Waals surface area contributed by atoms with E-state index in [1.54, 1.807) is 0 Å². The third-order valence-corrected chi connectivity index (χ3v) is 8.13. The predicted octanol–water partition coefficient (Wildman–Crippen LogP) is 1.60. The van der Waals surface area contributed by atoms with Crippen molar-refractivity contribution >= 4 is 15.9 Å². The number of ether oxygens (including phenoxy) is 1. The summed E-state index contributed by atoms with van der Waals surface area (Å²) in [5.74, 6) is -0.200. The number of carbonyl (C=O) groups excluding carboxylic acids is 1. The lowest BCUT2D eigenvalue weighted by atomic mass is 10.1. The van der Waals surface area contributed by atoms with Crippen molar-refractivity contribution in [1.29, 1.82) is 0 Å². The molecule has 1 N–H and O–H groups in total. The topological polar surface area (TPSA) is 79.0 Å². The number of hydrogen-bond acceptors (Lipinski definition) is 5. The quantitative estimate of drug-likeness (QED) is 0.752. The Hall–Kier alpha value is -1.48. The molecule has 3 rings (SSSR count). The van der Waals surface area contributed by atoms with Crippen LogP contribution >= 0.6 is 0 Å². The van der Waals surface area contributed by atoms with Crippen LogP contribution in [-0.4, -0.2) is 75.0 Å². The molecular formula is C21H33N3O4S. The minimum absolute atomic E-state index is 0.191. The van der Waals surface area contributed by atoms with Crippen LogP contribution < -0.4 is 5.32 Å². The van der Waals surface area contributed by atoms with Gasteiger partial charge in [-0.3, -0.25) is 9.69 Å². The van der Waals surface area contributed by atoms with Crippen molar-refractivity contribution < 1.29 is 17.9 Å². The lowest BCUT2D eigenvalue weighted by Crippen LogP contribution is -2.51. The molecule has 0 aromatic heterocycles. The molecule has 0 aliphatic carbocycles. The third kappa shape index (κ3) is 4.82. The van der Waals surface area contributed by atoms with Crippen molar-refractivity contribution in [2.24, 2.45) is 0 Å². The zero-order valence-electron chi connectivity index (χ0n) is 17.9. The van der Waals surface area contributed by atoms with Crippen LogP contribution in [0.15, 0.2) is 17.0 Å². The standard InChI is InChI=1S/C21H33N3O4S/c1-15-12-16(2)20(17(3)13-15)29(26,27)24-7-5-6-19(24)21(25)22-14-18(4)23-8-10-28-11-9-23/h12-13,18-19H,5-11,14H2,1-4H3,(H,22,25). The summed E-state index contributed by atoms with van der Waals surface area (Å²) in [5, 5.41) is 2.99. The third-order valence-electron chi connectivity index (χ3n) is 5.92. The first-order chi connectivity index (χ1) is 13.7. The monoisotopic (exact) mass is 423 g/mol. The Balaban J connectivity index is 1.71. The van der Waals surface area contributed by atoms with E-state index in [0.29, 0.717) is 44.0 Å². The molecule has 162 valence electrons. The maximum absolute atomic E-state index is 13.4. The first kappa shape index (κ1) is 22.2. The molecule has 2 heterocycles. The van der Waals surface area contributed by atoms with Crippen molar-refractivity contribution in [3.8, 4) is 0 Å². The molecule has 1 amide bonds. The van der Waals surface area contributed by atoms with Gasteiger partial charge in [0.25, 0.3) is 0 Å². The highest BCUT2D eigenvalue weighted by Crippen LogP contribution is 2.30. The van der Waals surface area contributed by atoms with Crippen molar-refractivity contribution in [2.75, 3.05) is 39.4 Å². The Labute approximate surface area is 174 Å². The van der Waals surface area contributed by atoms with Gasteiger partial charge in [0.2, 0.25) is 15.9 Å². The van der Waals surface area contributed by atoms with Gasteiger partial charge in [-0.05, 0) is 51.7 Å². The molecule has 2 aliphatic rings. The summed E-state index contributed by atoms with van der Waals surface area (Å²) in [7, 11) is -3.72. The van der Waals surface area contributed by atoms with Crippen LogP contribution in [0.1, 0.15) is 36.5 Å². The number of aryl methyl sites for hydroxylation is 3. The van der Waals surface area contributed by atoms with Crippen molar-refractivity contribution in [1.82, 2.24) is 14.5 Å². The Kier molecular flexibility index (Phi) is 6.98. The fourth-order valence-corrected chi connectivity index (χ4v) is 6.57. The van der Waals surface area contributed by atoms with Gasteiger partial charge in [-0.1, -0.05) is 17.7 Å². The molecule has 2 fully saturated rings. The van der Waals surface area contributed by atoms with Gasteiger partial charge in [0.15, 0.2) is 0 Å². The second kappa shape index (κ2) is 9.12. The van der Waals surface area contributed by atoms with Crippen LogP contribution in [0.3, 0.4) is 0 Å². The SMILES string of the molecule is Cc1cc(C)c(S(=O)(=O)N2CCCC2C(=O)NCC(C)N2CCOCC2)c(C)c1. The number of sulfonamides is 1. The summed E-state index contributed by atoms with van der Waals surface area (Å²) < 4.78 is 33.6. The van der Waals surface area contributed by atoms with Gasteiger partial charge in [-0.15, -0.1) is 0 Å². The molecule has 2 atom stereocenters. The van der Waals surface area contributed by atoms with Gasteiger partial charge < -0.3 is 10.1 Å². The van der Waals surface area contributed by atoms with Crippen molar-refractivity contribution in [3.05, 3.63) is 28.8 Å². The highest BCUT2D eigenvalue weighted by molar-refractivity contribution is 7.89. The van der Waals surface area contributed by atoms with E-state index in [2.05, 4.69) is 17.1 Å². The highest BCUT2D eigenvalue weighted by atomic mass is 32.2. The van der Waals surface area contributed by atoms with E-state index in [0.717, 1.165) is 29.8 Å². The summed E-state index contributed by atoms with van der Waals surface area (Å²) in [6.07, 6.45) is 1.25. The number of rotatable bonds is 6. The van der Waals surface area contributed by atoms with Crippen LogP contribution in [0.5, 0.6) is 0 Å². The number of morpholine rings is 1. The highest BCUT2D eigenvalue weighted by Gasteiger charge is 2.40. The molecule has 29 heavy (non-hydrogen) atoms. The zero-order valence-corrected chi connectivity index (χ0v) is 18.7. The van der Waals surface area contributed by atoms with Crippen molar-refractivity contribution in [3.63, 3.8) is 0 Å². The molecule has 8 heteroatoms. The molecule has 2 unspecified atom stereocenters. The first-order valence-electron chi connectivity index (χ1n) is 10.4. The fraction of sp³-hybridized carbons (Fsp3) is 0.667. The van der Waals surface area contributed by atoms with Gasteiger partial charge in [-0.25, -0.2) is 8.42 Å². The molecule has 0 bridgehead atoms. The second-order valence-electron chi connectivity index (χ2n) is 8.24. The average molecular weight is 424 g/mol. The minimum atomic E-state index is -3.72. The zero-order chi connectivity index (χ0) is 21.2. The molecule has 7 nitrogen and oxygen atoms in total. The maximum Gasteiger partial charge on any atom is 0.244 e. The molecule has 1 aromatic carbocycles. The van der Waals surface area contributed by atoms with Crippen molar-refractivity contribution in [2.45, 2.75) is 57.5 Å². The fourth-order valence-electron chi connectivity index (χ4n) is 4.49. The maximum atomic E-state index is 13.4. The molecule has 2 aliphatic heterocycles. The molecule has 1 aromatic rings. The lowest BCUT2D eigenvalue weighted by Gasteiger charge is -2.33. The second-order valence-corrected chi connectivity index (χ2v) is 10.1. The molecule has 0 spiro atoms. The largest absolute Gasteiger partial charge is 0.379 e. The van der Waals surface area contributed by atoms with Gasteiger partial charge in [0.1, 0.15) is 6.04 Å².